The molecule has 0 heterocycles. The van der Waals surface area contributed by atoms with Gasteiger partial charge in [-0.15, -0.1) is 11.8 Å². The van der Waals surface area contributed by atoms with Gasteiger partial charge in [0, 0.05) is 10.9 Å². The topological polar surface area (TPSA) is 55.1 Å². The third-order valence-electron chi connectivity index (χ3n) is 3.05. The van der Waals surface area contributed by atoms with Gasteiger partial charge in [0.2, 0.25) is 5.91 Å². The molecule has 1 amide bonds. The molecule has 0 bridgehead atoms. The second kappa shape index (κ2) is 8.23. The first-order chi connectivity index (χ1) is 9.08. The molecule has 0 aliphatic carbocycles. The summed E-state index contributed by atoms with van der Waals surface area (Å²) in [6, 6.07) is 8.72. The normalized spacial score (nSPS) is 14.1. The van der Waals surface area contributed by atoms with Crippen LogP contribution in [0.2, 0.25) is 0 Å². The molecule has 19 heavy (non-hydrogen) atoms. The van der Waals surface area contributed by atoms with Gasteiger partial charge >= 0.3 is 0 Å². The number of hydrogen-bond acceptors (Lipinski definition) is 3. The van der Waals surface area contributed by atoms with Crippen LogP contribution < -0.4 is 11.1 Å². The van der Waals surface area contributed by atoms with Crippen LogP contribution in [0, 0.1) is 0 Å². The van der Waals surface area contributed by atoms with E-state index in [1.165, 1.54) is 5.56 Å². The first kappa shape index (κ1) is 16.1. The van der Waals surface area contributed by atoms with Crippen molar-refractivity contribution in [2.24, 2.45) is 5.73 Å². The van der Waals surface area contributed by atoms with E-state index in [0.29, 0.717) is 6.04 Å². The molecular weight excluding hydrogens is 256 g/mol. The van der Waals surface area contributed by atoms with Crippen molar-refractivity contribution in [1.29, 1.82) is 0 Å². The van der Waals surface area contributed by atoms with Gasteiger partial charge in [0.25, 0.3) is 0 Å². The molecule has 0 aromatic heterocycles. The van der Waals surface area contributed by atoms with E-state index in [1.54, 1.807) is 11.8 Å². The van der Waals surface area contributed by atoms with Crippen molar-refractivity contribution in [1.82, 2.24) is 5.32 Å². The largest absolute Gasteiger partial charge is 0.369 e. The van der Waals surface area contributed by atoms with Crippen LogP contribution in [0.3, 0.4) is 0 Å². The molecule has 0 aliphatic heterocycles. The second-order valence-corrected chi connectivity index (χ2v) is 5.94. The lowest BCUT2D eigenvalue weighted by molar-refractivity contribution is -0.117. The van der Waals surface area contributed by atoms with Crippen molar-refractivity contribution in [3.63, 3.8) is 0 Å². The van der Waals surface area contributed by atoms with E-state index in [0.717, 1.165) is 24.3 Å². The number of rotatable bonds is 8. The van der Waals surface area contributed by atoms with Gasteiger partial charge in [-0.3, -0.25) is 4.79 Å². The molecule has 1 rings (SSSR count). The lowest BCUT2D eigenvalue weighted by Gasteiger charge is -2.15. The first-order valence-electron chi connectivity index (χ1n) is 6.87. The van der Waals surface area contributed by atoms with E-state index in [2.05, 4.69) is 43.4 Å². The van der Waals surface area contributed by atoms with Gasteiger partial charge in [-0.25, -0.2) is 0 Å². The van der Waals surface area contributed by atoms with E-state index in [1.807, 2.05) is 6.92 Å². The van der Waals surface area contributed by atoms with Gasteiger partial charge in [-0.1, -0.05) is 26.0 Å². The minimum atomic E-state index is -0.241. The highest BCUT2D eigenvalue weighted by Gasteiger charge is 2.14. The lowest BCUT2D eigenvalue weighted by atomic mass is 10.1. The van der Waals surface area contributed by atoms with E-state index in [9.17, 15) is 4.79 Å². The molecule has 0 radical (unpaired) electrons. The molecule has 0 aliphatic rings. The molecule has 0 saturated heterocycles. The number of nitrogens with two attached hydrogens (primary N) is 1. The van der Waals surface area contributed by atoms with Gasteiger partial charge in [-0.05, 0) is 44.0 Å². The molecule has 4 heteroatoms. The van der Waals surface area contributed by atoms with Crippen molar-refractivity contribution >= 4 is 17.7 Å². The van der Waals surface area contributed by atoms with Crippen LogP contribution >= 0.6 is 11.8 Å². The van der Waals surface area contributed by atoms with E-state index in [-0.39, 0.29) is 11.2 Å². The molecule has 1 aromatic rings. The molecule has 0 spiro atoms. The molecule has 0 fully saturated rings. The zero-order valence-electron chi connectivity index (χ0n) is 12.0. The van der Waals surface area contributed by atoms with E-state index in [4.69, 9.17) is 5.73 Å². The van der Waals surface area contributed by atoms with Crippen molar-refractivity contribution in [3.8, 4) is 0 Å². The third-order valence-corrected chi connectivity index (χ3v) is 4.44. The molecule has 2 unspecified atom stereocenters. The Morgan fingerprint density at radius 2 is 1.95 bits per heavy atom. The maximum Gasteiger partial charge on any atom is 0.230 e. The van der Waals surface area contributed by atoms with Crippen LogP contribution in [0.15, 0.2) is 29.2 Å². The van der Waals surface area contributed by atoms with Crippen LogP contribution in [0.25, 0.3) is 0 Å². The van der Waals surface area contributed by atoms with Crippen molar-refractivity contribution in [2.45, 2.75) is 49.8 Å². The standard InChI is InChI=1S/C15H24N2OS/c1-4-10-17-11(3)12-6-8-13(9-7-12)19-14(5-2)15(16)18/h6-9,11,14,17H,4-5,10H2,1-3H3,(H2,16,18). The number of carbonyl (C=O) groups is 1. The summed E-state index contributed by atoms with van der Waals surface area (Å²) in [5.74, 6) is -0.241. The Hall–Kier alpha value is -1.00. The zero-order valence-corrected chi connectivity index (χ0v) is 12.8. The molecule has 0 saturated carbocycles. The van der Waals surface area contributed by atoms with Crippen molar-refractivity contribution in [2.75, 3.05) is 6.54 Å². The van der Waals surface area contributed by atoms with Crippen LogP contribution in [0.1, 0.15) is 45.2 Å². The highest BCUT2D eigenvalue weighted by molar-refractivity contribution is 8.00. The summed E-state index contributed by atoms with van der Waals surface area (Å²) in [7, 11) is 0. The zero-order chi connectivity index (χ0) is 14.3. The Balaban J connectivity index is 2.63. The van der Waals surface area contributed by atoms with Gasteiger partial charge in [0.05, 0.1) is 5.25 Å². The SMILES string of the molecule is CCCNC(C)c1ccc(SC(CC)C(N)=O)cc1. The van der Waals surface area contributed by atoms with Gasteiger partial charge < -0.3 is 11.1 Å². The maximum atomic E-state index is 11.2. The highest BCUT2D eigenvalue weighted by atomic mass is 32.2. The average molecular weight is 280 g/mol. The fourth-order valence-corrected chi connectivity index (χ4v) is 2.73. The molecule has 1 aromatic carbocycles. The van der Waals surface area contributed by atoms with Crippen molar-refractivity contribution in [3.05, 3.63) is 29.8 Å². The Kier molecular flexibility index (Phi) is 6.95. The minimum absolute atomic E-state index is 0.138. The van der Waals surface area contributed by atoms with E-state index >= 15 is 0 Å². The highest BCUT2D eigenvalue weighted by Crippen LogP contribution is 2.26. The summed E-state index contributed by atoms with van der Waals surface area (Å²) in [6.45, 7) is 7.33. The molecule has 3 nitrogen and oxygen atoms in total. The summed E-state index contributed by atoms with van der Waals surface area (Å²) in [5.41, 5.74) is 6.63. The summed E-state index contributed by atoms with van der Waals surface area (Å²) in [6.07, 6.45) is 1.89. The number of primary amides is 1. The summed E-state index contributed by atoms with van der Waals surface area (Å²) in [4.78, 5) is 12.3. The summed E-state index contributed by atoms with van der Waals surface area (Å²) >= 11 is 1.54. The van der Waals surface area contributed by atoms with E-state index < -0.39 is 0 Å². The number of nitrogens with one attached hydrogen (secondary N) is 1. The molecule has 2 atom stereocenters. The smallest absolute Gasteiger partial charge is 0.230 e. The second-order valence-electron chi connectivity index (χ2n) is 4.66. The van der Waals surface area contributed by atoms with Crippen LogP contribution in [0.4, 0.5) is 0 Å². The number of amides is 1. The lowest BCUT2D eigenvalue weighted by Crippen LogP contribution is -2.24. The van der Waals surface area contributed by atoms with Crippen LogP contribution in [0.5, 0.6) is 0 Å². The van der Waals surface area contributed by atoms with Gasteiger partial charge in [0.15, 0.2) is 0 Å². The fraction of sp³-hybridized carbons (Fsp3) is 0.533. The number of hydrogen-bond donors (Lipinski definition) is 2. The Bertz CT molecular complexity index is 392. The number of carbonyl (C=O) groups excluding carboxylic acids is 1. The Morgan fingerprint density at radius 3 is 2.42 bits per heavy atom. The average Bonchev–Trinajstić information content (AvgIpc) is 2.42. The Morgan fingerprint density at radius 1 is 1.32 bits per heavy atom. The summed E-state index contributed by atoms with van der Waals surface area (Å²) in [5, 5.41) is 3.32. The van der Waals surface area contributed by atoms with Crippen LogP contribution in [-0.4, -0.2) is 17.7 Å². The van der Waals surface area contributed by atoms with Gasteiger partial charge in [0.1, 0.15) is 0 Å². The Labute approximate surface area is 120 Å². The monoisotopic (exact) mass is 280 g/mol. The first-order valence-corrected chi connectivity index (χ1v) is 7.75. The van der Waals surface area contributed by atoms with Crippen molar-refractivity contribution < 1.29 is 4.79 Å². The fourth-order valence-electron chi connectivity index (χ4n) is 1.82. The molecular formula is C15H24N2OS. The predicted octanol–water partition coefficient (Wildman–Crippen LogP) is 3.10. The van der Waals surface area contributed by atoms with Gasteiger partial charge in [-0.2, -0.15) is 0 Å². The quantitative estimate of drug-likeness (QED) is 0.719. The molecule has 3 N–H and O–H groups in total. The molecule has 106 valence electrons. The predicted molar refractivity (Wildman–Crippen MR) is 82.3 cm³/mol. The summed E-state index contributed by atoms with van der Waals surface area (Å²) < 4.78 is 0. The number of benzene rings is 1. The van der Waals surface area contributed by atoms with Crippen LogP contribution in [-0.2, 0) is 4.79 Å². The number of thioether (sulfide) groups is 1. The maximum absolute atomic E-state index is 11.2. The third kappa shape index (κ3) is 5.25. The minimum Gasteiger partial charge on any atom is -0.369 e.